The summed E-state index contributed by atoms with van der Waals surface area (Å²) in [5, 5.41) is 2.65. The lowest BCUT2D eigenvalue weighted by atomic mass is 9.78. The van der Waals surface area contributed by atoms with Crippen LogP contribution in [0.15, 0.2) is 224 Å². The van der Waals surface area contributed by atoms with E-state index in [1.165, 1.54) is 109 Å². The first-order valence-corrected chi connectivity index (χ1v) is 24.6. The van der Waals surface area contributed by atoms with Crippen molar-refractivity contribution in [3.05, 3.63) is 247 Å². The van der Waals surface area contributed by atoms with Crippen molar-refractivity contribution < 1.29 is 0 Å². The molecule has 1 nitrogen and oxygen atoms in total. The SMILES string of the molecule is CC1(C)c2ccccc2-c2ccc(N(c3ccc(-c4ccc5c(c4)-c4cc(-c6ccccc6)cc(-c6ccccc6)c4C5(C)C)cc3)c3ccc(-c4cccc5sc6ccccc6c45)cc3)cc21. The lowest BCUT2D eigenvalue weighted by Gasteiger charge is -2.28. The van der Waals surface area contributed by atoms with Crippen molar-refractivity contribution >= 4 is 48.6 Å². The van der Waals surface area contributed by atoms with Crippen LogP contribution < -0.4 is 4.90 Å². The molecule has 324 valence electrons. The highest BCUT2D eigenvalue weighted by atomic mass is 32.1. The van der Waals surface area contributed by atoms with Gasteiger partial charge in [-0.15, -0.1) is 11.3 Å². The van der Waals surface area contributed by atoms with Crippen molar-refractivity contribution in [1.82, 2.24) is 0 Å². The highest BCUT2D eigenvalue weighted by molar-refractivity contribution is 7.25. The van der Waals surface area contributed by atoms with Gasteiger partial charge in [-0.1, -0.05) is 185 Å². The molecule has 0 saturated carbocycles. The molecule has 0 saturated heterocycles. The fraction of sp³-hybridized carbons (Fsp3) is 0.0909. The summed E-state index contributed by atoms with van der Waals surface area (Å²) >= 11 is 1.87. The summed E-state index contributed by atoms with van der Waals surface area (Å²) in [6.07, 6.45) is 0. The molecule has 11 aromatic rings. The van der Waals surface area contributed by atoms with Gasteiger partial charge in [-0.2, -0.15) is 0 Å². The predicted octanol–water partition coefficient (Wildman–Crippen LogP) is 18.8. The number of rotatable bonds is 7. The van der Waals surface area contributed by atoms with Gasteiger partial charge in [0, 0.05) is 48.1 Å². The molecule has 0 atom stereocenters. The first kappa shape index (κ1) is 40.5. The second-order valence-corrected chi connectivity index (χ2v) is 20.8. The Balaban J connectivity index is 0.916. The third-order valence-corrected chi connectivity index (χ3v) is 16.2. The Morgan fingerprint density at radius 1 is 0.309 bits per heavy atom. The molecule has 0 bridgehead atoms. The smallest absolute Gasteiger partial charge is 0.0465 e. The summed E-state index contributed by atoms with van der Waals surface area (Å²) in [4.78, 5) is 2.44. The number of nitrogens with zero attached hydrogens (tertiary/aromatic N) is 1. The lowest BCUT2D eigenvalue weighted by Crippen LogP contribution is -2.16. The van der Waals surface area contributed by atoms with Crippen LogP contribution in [0.4, 0.5) is 17.1 Å². The molecule has 2 heteroatoms. The molecule has 13 rings (SSSR count). The second kappa shape index (κ2) is 15.4. The molecule has 68 heavy (non-hydrogen) atoms. The van der Waals surface area contributed by atoms with Crippen LogP contribution in [-0.4, -0.2) is 0 Å². The summed E-state index contributed by atoms with van der Waals surface area (Å²) in [5.74, 6) is 0. The average Bonchev–Trinajstić information content (AvgIpc) is 3.96. The summed E-state index contributed by atoms with van der Waals surface area (Å²) in [6, 6.07) is 83.7. The maximum atomic E-state index is 2.44. The Morgan fingerprint density at radius 3 is 1.60 bits per heavy atom. The standard InChI is InChI=1S/C66H49NS/c1-65(2)58-23-13-11-20-52(58)53-36-35-50(41-60(53)65)67(49-33-28-45(29-34-49)51-22-15-25-62-63(51)54-21-12-14-24-61(54)68-62)48-31-26-43(27-32-48)46-30-37-59-56(38-46)57-40-47(42-16-7-5-8-17-42)39-55(64(57)66(59,3)4)44-18-9-6-10-19-44/h5-41H,1-4H3. The van der Waals surface area contributed by atoms with E-state index in [2.05, 4.69) is 257 Å². The third kappa shape index (κ3) is 6.28. The summed E-state index contributed by atoms with van der Waals surface area (Å²) in [7, 11) is 0. The lowest BCUT2D eigenvalue weighted by molar-refractivity contribution is 0.660. The van der Waals surface area contributed by atoms with Crippen LogP contribution in [-0.2, 0) is 10.8 Å². The minimum Gasteiger partial charge on any atom is -0.310 e. The quantitative estimate of drug-likeness (QED) is 0.154. The molecule has 2 aliphatic rings. The van der Waals surface area contributed by atoms with Crippen LogP contribution in [0.3, 0.4) is 0 Å². The summed E-state index contributed by atoms with van der Waals surface area (Å²) in [5.41, 5.74) is 23.8. The van der Waals surface area contributed by atoms with E-state index in [0.29, 0.717) is 0 Å². The predicted molar refractivity (Wildman–Crippen MR) is 291 cm³/mol. The van der Waals surface area contributed by atoms with E-state index in [1.54, 1.807) is 0 Å². The van der Waals surface area contributed by atoms with Gasteiger partial charge < -0.3 is 4.90 Å². The largest absolute Gasteiger partial charge is 0.310 e. The highest BCUT2D eigenvalue weighted by Gasteiger charge is 2.39. The zero-order chi connectivity index (χ0) is 45.7. The summed E-state index contributed by atoms with van der Waals surface area (Å²) < 4.78 is 2.65. The van der Waals surface area contributed by atoms with Crippen molar-refractivity contribution in [2.45, 2.75) is 38.5 Å². The van der Waals surface area contributed by atoms with E-state index in [0.717, 1.165) is 17.1 Å². The number of hydrogen-bond donors (Lipinski definition) is 0. The zero-order valence-electron chi connectivity index (χ0n) is 38.7. The molecule has 0 N–H and O–H groups in total. The molecule has 0 unspecified atom stereocenters. The van der Waals surface area contributed by atoms with Crippen molar-refractivity contribution in [2.24, 2.45) is 0 Å². The normalized spacial score (nSPS) is 13.8. The van der Waals surface area contributed by atoms with Gasteiger partial charge in [0.05, 0.1) is 0 Å². The van der Waals surface area contributed by atoms with Crippen molar-refractivity contribution in [2.75, 3.05) is 4.90 Å². The second-order valence-electron chi connectivity index (χ2n) is 19.7. The monoisotopic (exact) mass is 887 g/mol. The number of anilines is 3. The molecule has 1 aromatic heterocycles. The molecule has 0 radical (unpaired) electrons. The van der Waals surface area contributed by atoms with E-state index >= 15 is 0 Å². The molecule has 0 fully saturated rings. The molecule has 1 heterocycles. The van der Waals surface area contributed by atoms with Crippen LogP contribution in [0.2, 0.25) is 0 Å². The van der Waals surface area contributed by atoms with E-state index in [-0.39, 0.29) is 10.8 Å². The Hall–Kier alpha value is -7.78. The molecule has 10 aromatic carbocycles. The van der Waals surface area contributed by atoms with Gasteiger partial charge in [0.15, 0.2) is 0 Å². The minimum absolute atomic E-state index is 0.117. The average molecular weight is 888 g/mol. The summed E-state index contributed by atoms with van der Waals surface area (Å²) in [6.45, 7) is 9.52. The topological polar surface area (TPSA) is 3.24 Å². The fourth-order valence-electron chi connectivity index (χ4n) is 11.7. The van der Waals surface area contributed by atoms with Crippen LogP contribution in [0, 0.1) is 0 Å². The Bertz CT molecular complexity index is 3760. The van der Waals surface area contributed by atoms with Crippen molar-refractivity contribution in [3.63, 3.8) is 0 Å². The minimum atomic E-state index is -0.167. The van der Waals surface area contributed by atoms with Gasteiger partial charge in [-0.25, -0.2) is 0 Å². The highest BCUT2D eigenvalue weighted by Crippen LogP contribution is 2.55. The van der Waals surface area contributed by atoms with Crippen molar-refractivity contribution in [3.8, 4) is 66.8 Å². The molecule has 2 aliphatic carbocycles. The van der Waals surface area contributed by atoms with Crippen LogP contribution in [0.1, 0.15) is 49.9 Å². The Morgan fingerprint density at radius 2 is 0.838 bits per heavy atom. The van der Waals surface area contributed by atoms with Crippen LogP contribution in [0.25, 0.3) is 86.9 Å². The number of hydrogen-bond acceptors (Lipinski definition) is 2. The van der Waals surface area contributed by atoms with Gasteiger partial charge >= 0.3 is 0 Å². The van der Waals surface area contributed by atoms with Gasteiger partial charge in [-0.05, 0) is 156 Å². The Labute approximate surface area is 403 Å². The van der Waals surface area contributed by atoms with Gasteiger partial charge in [-0.3, -0.25) is 0 Å². The van der Waals surface area contributed by atoms with Crippen molar-refractivity contribution in [1.29, 1.82) is 0 Å². The van der Waals surface area contributed by atoms with Crippen LogP contribution >= 0.6 is 11.3 Å². The molecule has 0 spiro atoms. The third-order valence-electron chi connectivity index (χ3n) is 15.1. The molecular formula is C66H49NS. The molecular weight excluding hydrogens is 839 g/mol. The van der Waals surface area contributed by atoms with E-state index < -0.39 is 0 Å². The van der Waals surface area contributed by atoms with E-state index in [4.69, 9.17) is 0 Å². The van der Waals surface area contributed by atoms with E-state index in [1.807, 2.05) is 11.3 Å². The molecule has 0 aliphatic heterocycles. The van der Waals surface area contributed by atoms with Gasteiger partial charge in [0.25, 0.3) is 0 Å². The number of thiophene rings is 1. The fourth-order valence-corrected chi connectivity index (χ4v) is 12.8. The van der Waals surface area contributed by atoms with Gasteiger partial charge in [0.2, 0.25) is 0 Å². The Kier molecular flexibility index (Phi) is 9.16. The maximum absolute atomic E-state index is 2.44. The van der Waals surface area contributed by atoms with Crippen LogP contribution in [0.5, 0.6) is 0 Å². The maximum Gasteiger partial charge on any atom is 0.0465 e. The van der Waals surface area contributed by atoms with Gasteiger partial charge in [0.1, 0.15) is 0 Å². The van der Waals surface area contributed by atoms with E-state index in [9.17, 15) is 0 Å². The molecule has 0 amide bonds. The zero-order valence-corrected chi connectivity index (χ0v) is 39.5. The first-order valence-electron chi connectivity index (χ1n) is 23.8. The number of benzene rings is 10. The first-order chi connectivity index (χ1) is 33.2. The number of fused-ring (bicyclic) bond motifs is 9.